The summed E-state index contributed by atoms with van der Waals surface area (Å²) >= 11 is 0. The van der Waals surface area contributed by atoms with E-state index in [0.717, 1.165) is 5.69 Å². The summed E-state index contributed by atoms with van der Waals surface area (Å²) in [6.45, 7) is 0.0685. The molecule has 0 fully saturated rings. The third-order valence-corrected chi connectivity index (χ3v) is 0.925. The van der Waals surface area contributed by atoms with E-state index in [1.807, 2.05) is 6.07 Å². The molecule has 0 saturated carbocycles. The van der Waals surface area contributed by atoms with Crippen LogP contribution in [0, 0.1) is 0 Å². The number of aliphatic hydroxyl groups is 1. The molecule has 2 N–H and O–H groups in total. The molecule has 0 unspecified atom stereocenters. The van der Waals surface area contributed by atoms with Crippen molar-refractivity contribution in [3.05, 3.63) is 24.0 Å². The maximum atomic E-state index is 8.34. The maximum absolute atomic E-state index is 8.34. The van der Waals surface area contributed by atoms with Crippen LogP contribution in [0.15, 0.2) is 18.3 Å². The molecule has 0 aliphatic carbocycles. The van der Waals surface area contributed by atoms with Crippen LogP contribution < -0.4 is 0 Å². The number of rotatable bonds is 2. The fraction of sp³-hybridized carbons (Fsp3) is 0.167. The lowest BCUT2D eigenvalue weighted by atomic mass is 10.4. The standard InChI is InChI=1S/C6H8N2O/c9-5-1-2-6-3-4-7-8-6/h1-4,9H,5H2,(H,7,8). The average molecular weight is 124 g/mol. The van der Waals surface area contributed by atoms with Gasteiger partial charge in [-0.1, -0.05) is 6.08 Å². The van der Waals surface area contributed by atoms with Crippen LogP contribution in [0.4, 0.5) is 0 Å². The summed E-state index contributed by atoms with van der Waals surface area (Å²) in [6.07, 6.45) is 5.08. The van der Waals surface area contributed by atoms with Gasteiger partial charge in [-0.3, -0.25) is 5.10 Å². The molecule has 1 heterocycles. The lowest BCUT2D eigenvalue weighted by Crippen LogP contribution is -1.73. The minimum Gasteiger partial charge on any atom is -0.392 e. The number of hydrogen-bond donors (Lipinski definition) is 2. The SMILES string of the molecule is OCC=Cc1ccn[nH]1. The summed E-state index contributed by atoms with van der Waals surface area (Å²) in [4.78, 5) is 0. The van der Waals surface area contributed by atoms with Crippen LogP contribution in [-0.4, -0.2) is 21.9 Å². The van der Waals surface area contributed by atoms with Crippen molar-refractivity contribution < 1.29 is 5.11 Å². The summed E-state index contributed by atoms with van der Waals surface area (Å²) in [5, 5.41) is 14.8. The van der Waals surface area contributed by atoms with Crippen molar-refractivity contribution in [3.8, 4) is 0 Å². The monoisotopic (exact) mass is 124 g/mol. The number of nitrogens with one attached hydrogen (secondary N) is 1. The van der Waals surface area contributed by atoms with Gasteiger partial charge < -0.3 is 5.11 Å². The first-order chi connectivity index (χ1) is 4.43. The zero-order valence-electron chi connectivity index (χ0n) is 4.91. The Balaban J connectivity index is 2.57. The molecular formula is C6H8N2O. The first-order valence-corrected chi connectivity index (χ1v) is 2.70. The Kier molecular flexibility index (Phi) is 2.04. The highest BCUT2D eigenvalue weighted by atomic mass is 16.2. The zero-order valence-corrected chi connectivity index (χ0v) is 4.91. The van der Waals surface area contributed by atoms with Gasteiger partial charge in [-0.05, 0) is 12.1 Å². The molecule has 0 amide bonds. The highest BCUT2D eigenvalue weighted by Crippen LogP contribution is 1.92. The number of hydrogen-bond acceptors (Lipinski definition) is 2. The van der Waals surface area contributed by atoms with Crippen LogP contribution >= 0.6 is 0 Å². The van der Waals surface area contributed by atoms with Gasteiger partial charge in [0, 0.05) is 6.20 Å². The van der Waals surface area contributed by atoms with Crippen LogP contribution in [0.25, 0.3) is 6.08 Å². The molecule has 3 heteroatoms. The molecule has 0 aliphatic rings. The van der Waals surface area contributed by atoms with Gasteiger partial charge in [-0.15, -0.1) is 0 Å². The number of aliphatic hydroxyl groups excluding tert-OH is 1. The van der Waals surface area contributed by atoms with Crippen molar-refractivity contribution in [3.63, 3.8) is 0 Å². The molecule has 0 aromatic carbocycles. The van der Waals surface area contributed by atoms with Gasteiger partial charge in [-0.25, -0.2) is 0 Å². The maximum Gasteiger partial charge on any atom is 0.0616 e. The summed E-state index contributed by atoms with van der Waals surface area (Å²) in [6, 6.07) is 1.83. The second-order valence-corrected chi connectivity index (χ2v) is 1.60. The number of aromatic amines is 1. The van der Waals surface area contributed by atoms with Crippen molar-refractivity contribution >= 4 is 6.08 Å². The van der Waals surface area contributed by atoms with E-state index in [9.17, 15) is 0 Å². The zero-order chi connectivity index (χ0) is 6.53. The molecular weight excluding hydrogens is 116 g/mol. The molecule has 0 spiro atoms. The summed E-state index contributed by atoms with van der Waals surface area (Å²) in [7, 11) is 0. The van der Waals surface area contributed by atoms with Gasteiger partial charge >= 0.3 is 0 Å². The van der Waals surface area contributed by atoms with Gasteiger partial charge in [-0.2, -0.15) is 5.10 Å². The third-order valence-electron chi connectivity index (χ3n) is 0.925. The molecule has 0 bridgehead atoms. The quantitative estimate of drug-likeness (QED) is 0.600. The lowest BCUT2D eigenvalue weighted by Gasteiger charge is -1.79. The fourth-order valence-electron chi connectivity index (χ4n) is 0.539. The van der Waals surface area contributed by atoms with Crippen LogP contribution in [0.1, 0.15) is 5.69 Å². The van der Waals surface area contributed by atoms with Crippen LogP contribution in [-0.2, 0) is 0 Å². The van der Waals surface area contributed by atoms with Gasteiger partial charge in [0.05, 0.1) is 12.3 Å². The predicted molar refractivity (Wildman–Crippen MR) is 34.7 cm³/mol. The van der Waals surface area contributed by atoms with E-state index in [-0.39, 0.29) is 6.61 Å². The molecule has 1 rings (SSSR count). The van der Waals surface area contributed by atoms with Crippen LogP contribution in [0.3, 0.4) is 0 Å². The third kappa shape index (κ3) is 1.70. The van der Waals surface area contributed by atoms with E-state index in [1.165, 1.54) is 0 Å². The van der Waals surface area contributed by atoms with Crippen molar-refractivity contribution in [2.45, 2.75) is 0 Å². The average Bonchev–Trinajstić information content (AvgIpc) is 2.34. The molecule has 9 heavy (non-hydrogen) atoms. The van der Waals surface area contributed by atoms with E-state index < -0.39 is 0 Å². The van der Waals surface area contributed by atoms with Crippen molar-refractivity contribution in [2.75, 3.05) is 6.61 Å². The van der Waals surface area contributed by atoms with Crippen molar-refractivity contribution in [2.24, 2.45) is 0 Å². The molecule has 0 atom stereocenters. The van der Waals surface area contributed by atoms with Gasteiger partial charge in [0.1, 0.15) is 0 Å². The van der Waals surface area contributed by atoms with Crippen molar-refractivity contribution in [1.29, 1.82) is 0 Å². The minimum atomic E-state index is 0.0685. The largest absolute Gasteiger partial charge is 0.392 e. The first-order valence-electron chi connectivity index (χ1n) is 2.70. The lowest BCUT2D eigenvalue weighted by molar-refractivity contribution is 0.343. The molecule has 0 saturated heterocycles. The van der Waals surface area contributed by atoms with E-state index in [0.29, 0.717) is 0 Å². The molecule has 0 aliphatic heterocycles. The predicted octanol–water partition coefficient (Wildman–Crippen LogP) is 0.415. The topological polar surface area (TPSA) is 48.9 Å². The molecule has 0 radical (unpaired) electrons. The van der Waals surface area contributed by atoms with Gasteiger partial charge in [0.2, 0.25) is 0 Å². The second-order valence-electron chi connectivity index (χ2n) is 1.60. The van der Waals surface area contributed by atoms with Crippen LogP contribution in [0.2, 0.25) is 0 Å². The Bertz CT molecular complexity index is 179. The van der Waals surface area contributed by atoms with E-state index >= 15 is 0 Å². The van der Waals surface area contributed by atoms with Crippen LogP contribution in [0.5, 0.6) is 0 Å². The Morgan fingerprint density at radius 3 is 3.22 bits per heavy atom. The number of nitrogens with zero attached hydrogens (tertiary/aromatic N) is 1. The Morgan fingerprint density at radius 1 is 1.78 bits per heavy atom. The molecule has 1 aromatic heterocycles. The van der Waals surface area contributed by atoms with E-state index in [4.69, 9.17) is 5.11 Å². The van der Waals surface area contributed by atoms with Gasteiger partial charge in [0.15, 0.2) is 0 Å². The molecule has 1 aromatic rings. The minimum absolute atomic E-state index is 0.0685. The summed E-state index contributed by atoms with van der Waals surface area (Å²) < 4.78 is 0. The normalized spacial score (nSPS) is 10.8. The van der Waals surface area contributed by atoms with E-state index in [1.54, 1.807) is 18.3 Å². The van der Waals surface area contributed by atoms with Crippen molar-refractivity contribution in [1.82, 2.24) is 10.2 Å². The number of aromatic nitrogens is 2. The molecule has 48 valence electrons. The Hall–Kier alpha value is -1.09. The highest BCUT2D eigenvalue weighted by Gasteiger charge is 1.81. The Labute approximate surface area is 53.0 Å². The first kappa shape index (κ1) is 6.04. The smallest absolute Gasteiger partial charge is 0.0616 e. The molecule has 3 nitrogen and oxygen atoms in total. The second kappa shape index (κ2) is 3.04. The van der Waals surface area contributed by atoms with Gasteiger partial charge in [0.25, 0.3) is 0 Å². The number of H-pyrrole nitrogens is 1. The summed E-state index contributed by atoms with van der Waals surface area (Å²) in [5.41, 5.74) is 0.907. The van der Waals surface area contributed by atoms with E-state index in [2.05, 4.69) is 10.2 Å². The highest BCUT2D eigenvalue weighted by molar-refractivity contribution is 5.42. The Morgan fingerprint density at radius 2 is 2.67 bits per heavy atom. The summed E-state index contributed by atoms with van der Waals surface area (Å²) in [5.74, 6) is 0. The fourth-order valence-corrected chi connectivity index (χ4v) is 0.539.